The Hall–Kier alpha value is -0.540. The summed E-state index contributed by atoms with van der Waals surface area (Å²) in [7, 11) is 1.91. The number of aromatic nitrogens is 2. The van der Waals surface area contributed by atoms with Crippen LogP contribution in [0.1, 0.15) is 18.1 Å². The lowest BCUT2D eigenvalue weighted by Crippen LogP contribution is -2.07. The fraction of sp³-hybridized carbons (Fsp3) is 0.667. The smallest absolute Gasteiger partial charge is 0.0895 e. The molecule has 2 unspecified atom stereocenters. The van der Waals surface area contributed by atoms with Crippen molar-refractivity contribution >= 4 is 11.6 Å². The zero-order valence-electron chi connectivity index (χ0n) is 7.61. The number of ether oxygens (including phenoxy) is 1. The molecule has 0 aliphatic carbocycles. The van der Waals surface area contributed by atoms with Crippen LogP contribution in [0.4, 0.5) is 0 Å². The van der Waals surface area contributed by atoms with Crippen LogP contribution in [0.5, 0.6) is 0 Å². The minimum absolute atomic E-state index is 0.159. The summed E-state index contributed by atoms with van der Waals surface area (Å²) in [6.07, 6.45) is 5.07. The minimum Gasteiger partial charge on any atom is -0.373 e. The molecule has 1 aromatic rings. The predicted molar refractivity (Wildman–Crippen MR) is 50.7 cm³/mol. The second kappa shape index (κ2) is 3.68. The Balaban J connectivity index is 2.15. The van der Waals surface area contributed by atoms with Crippen LogP contribution in [0.25, 0.3) is 0 Å². The molecule has 0 radical (unpaired) electrons. The fourth-order valence-corrected chi connectivity index (χ4v) is 2.06. The summed E-state index contributed by atoms with van der Waals surface area (Å²) in [5.41, 5.74) is 1.14. The lowest BCUT2D eigenvalue weighted by atomic mass is 10.00. The van der Waals surface area contributed by atoms with Crippen LogP contribution in [0.3, 0.4) is 0 Å². The highest BCUT2D eigenvalue weighted by Gasteiger charge is 2.29. The van der Waals surface area contributed by atoms with E-state index in [1.54, 1.807) is 4.68 Å². The van der Waals surface area contributed by atoms with E-state index in [1.165, 1.54) is 0 Å². The van der Waals surface area contributed by atoms with Gasteiger partial charge in [0.15, 0.2) is 0 Å². The summed E-state index contributed by atoms with van der Waals surface area (Å²) in [6.45, 7) is 0.816. The summed E-state index contributed by atoms with van der Waals surface area (Å²) in [5.74, 6) is 1.12. The lowest BCUT2D eigenvalue weighted by molar-refractivity contribution is 0.0951. The molecule has 3 nitrogen and oxygen atoms in total. The summed E-state index contributed by atoms with van der Waals surface area (Å²) in [6, 6.07) is 0. The van der Waals surface area contributed by atoms with Crippen LogP contribution >= 0.6 is 11.6 Å². The third-order valence-electron chi connectivity index (χ3n) is 2.47. The monoisotopic (exact) mass is 200 g/mol. The van der Waals surface area contributed by atoms with Gasteiger partial charge in [-0.3, -0.25) is 4.68 Å². The number of hydrogen-bond acceptors (Lipinski definition) is 2. The molecule has 0 amide bonds. The first-order chi connectivity index (χ1) is 6.31. The van der Waals surface area contributed by atoms with Crippen molar-refractivity contribution in [1.82, 2.24) is 9.78 Å². The molecule has 2 heterocycles. The first kappa shape index (κ1) is 9.03. The van der Waals surface area contributed by atoms with Gasteiger partial charge < -0.3 is 4.74 Å². The Bertz CT molecular complexity index is 287. The Morgan fingerprint density at radius 3 is 3.23 bits per heavy atom. The molecule has 0 saturated carbocycles. The highest BCUT2D eigenvalue weighted by Crippen LogP contribution is 2.34. The predicted octanol–water partition coefficient (Wildman–Crippen LogP) is 1.74. The van der Waals surface area contributed by atoms with Gasteiger partial charge in [-0.1, -0.05) is 0 Å². The van der Waals surface area contributed by atoms with Gasteiger partial charge in [-0.2, -0.15) is 5.10 Å². The molecule has 72 valence electrons. The Kier molecular flexibility index (Phi) is 2.56. The topological polar surface area (TPSA) is 27.1 Å². The van der Waals surface area contributed by atoms with Crippen LogP contribution in [0, 0.1) is 5.92 Å². The molecule has 2 rings (SSSR count). The van der Waals surface area contributed by atoms with Crippen LogP contribution in [-0.2, 0) is 11.8 Å². The largest absolute Gasteiger partial charge is 0.373 e. The van der Waals surface area contributed by atoms with Gasteiger partial charge in [0.2, 0.25) is 0 Å². The minimum atomic E-state index is 0.159. The number of hydrogen-bond donors (Lipinski definition) is 0. The van der Waals surface area contributed by atoms with E-state index in [1.807, 2.05) is 19.4 Å². The first-order valence-corrected chi connectivity index (χ1v) is 5.01. The molecule has 0 spiro atoms. The summed E-state index contributed by atoms with van der Waals surface area (Å²) < 4.78 is 7.41. The van der Waals surface area contributed by atoms with E-state index < -0.39 is 0 Å². The molecular weight excluding hydrogens is 188 g/mol. The highest BCUT2D eigenvalue weighted by molar-refractivity contribution is 6.18. The van der Waals surface area contributed by atoms with Crippen LogP contribution in [-0.4, -0.2) is 22.3 Å². The van der Waals surface area contributed by atoms with E-state index in [-0.39, 0.29) is 6.10 Å². The van der Waals surface area contributed by atoms with Crippen molar-refractivity contribution in [1.29, 1.82) is 0 Å². The van der Waals surface area contributed by atoms with Gasteiger partial charge in [-0.05, 0) is 6.42 Å². The molecule has 0 bridgehead atoms. The van der Waals surface area contributed by atoms with Gasteiger partial charge in [0.25, 0.3) is 0 Å². The number of alkyl halides is 1. The third-order valence-corrected chi connectivity index (χ3v) is 2.86. The van der Waals surface area contributed by atoms with Crippen LogP contribution in [0.15, 0.2) is 12.4 Å². The van der Waals surface area contributed by atoms with Crippen molar-refractivity contribution in [2.24, 2.45) is 13.0 Å². The van der Waals surface area contributed by atoms with E-state index in [2.05, 4.69) is 5.10 Å². The van der Waals surface area contributed by atoms with E-state index in [0.29, 0.717) is 11.8 Å². The van der Waals surface area contributed by atoms with E-state index >= 15 is 0 Å². The average molecular weight is 201 g/mol. The Morgan fingerprint density at radius 2 is 2.62 bits per heavy atom. The molecule has 1 aliphatic heterocycles. The molecule has 1 aromatic heterocycles. The molecule has 4 heteroatoms. The van der Waals surface area contributed by atoms with Gasteiger partial charge in [0.05, 0.1) is 12.3 Å². The van der Waals surface area contributed by atoms with Gasteiger partial charge in [-0.25, -0.2) is 0 Å². The number of aryl methyl sites for hydroxylation is 1. The lowest BCUT2D eigenvalue weighted by Gasteiger charge is -2.13. The molecule has 1 aliphatic rings. The molecule has 13 heavy (non-hydrogen) atoms. The van der Waals surface area contributed by atoms with Crippen molar-refractivity contribution in [3.8, 4) is 0 Å². The van der Waals surface area contributed by atoms with E-state index in [0.717, 1.165) is 18.6 Å². The maximum Gasteiger partial charge on any atom is 0.0895 e. The second-order valence-electron chi connectivity index (χ2n) is 3.44. The molecule has 0 N–H and O–H groups in total. The molecule has 0 aromatic carbocycles. The quantitative estimate of drug-likeness (QED) is 0.680. The maximum atomic E-state index is 5.85. The van der Waals surface area contributed by atoms with Crippen molar-refractivity contribution in [3.05, 3.63) is 18.0 Å². The average Bonchev–Trinajstić information content (AvgIpc) is 2.71. The molecule has 2 atom stereocenters. The highest BCUT2D eigenvalue weighted by atomic mass is 35.5. The van der Waals surface area contributed by atoms with Crippen molar-refractivity contribution < 1.29 is 4.74 Å². The van der Waals surface area contributed by atoms with Gasteiger partial charge in [-0.15, -0.1) is 11.6 Å². The maximum absolute atomic E-state index is 5.85. The van der Waals surface area contributed by atoms with Crippen molar-refractivity contribution in [3.63, 3.8) is 0 Å². The number of halogens is 1. The SMILES string of the molecule is Cn1cc(C2OCCC2CCl)cn1. The molecular formula is C9H13ClN2O. The zero-order chi connectivity index (χ0) is 9.26. The van der Waals surface area contributed by atoms with Gasteiger partial charge >= 0.3 is 0 Å². The van der Waals surface area contributed by atoms with Crippen LogP contribution in [0.2, 0.25) is 0 Å². The van der Waals surface area contributed by atoms with E-state index in [9.17, 15) is 0 Å². The van der Waals surface area contributed by atoms with Crippen molar-refractivity contribution in [2.75, 3.05) is 12.5 Å². The Morgan fingerprint density at radius 1 is 1.77 bits per heavy atom. The summed E-state index contributed by atoms with van der Waals surface area (Å²) in [4.78, 5) is 0. The second-order valence-corrected chi connectivity index (χ2v) is 3.75. The summed E-state index contributed by atoms with van der Waals surface area (Å²) in [5, 5.41) is 4.12. The molecule has 1 fully saturated rings. The van der Waals surface area contributed by atoms with Crippen LogP contribution < -0.4 is 0 Å². The number of nitrogens with zero attached hydrogens (tertiary/aromatic N) is 2. The van der Waals surface area contributed by atoms with Gasteiger partial charge in [0.1, 0.15) is 0 Å². The third kappa shape index (κ3) is 1.71. The molecule has 1 saturated heterocycles. The zero-order valence-corrected chi connectivity index (χ0v) is 8.37. The first-order valence-electron chi connectivity index (χ1n) is 4.47. The normalized spacial score (nSPS) is 28.2. The van der Waals surface area contributed by atoms with Crippen molar-refractivity contribution in [2.45, 2.75) is 12.5 Å². The standard InChI is InChI=1S/C9H13ClN2O/c1-12-6-8(5-11-12)9-7(4-10)2-3-13-9/h5-7,9H,2-4H2,1H3. The Labute approximate surface area is 82.6 Å². The summed E-state index contributed by atoms with van der Waals surface area (Å²) >= 11 is 5.85. The van der Waals surface area contributed by atoms with E-state index in [4.69, 9.17) is 16.3 Å². The number of rotatable bonds is 2. The van der Waals surface area contributed by atoms with Gasteiger partial charge in [0, 0.05) is 37.2 Å². The fourth-order valence-electron chi connectivity index (χ4n) is 1.75.